The summed E-state index contributed by atoms with van der Waals surface area (Å²) >= 11 is 5.25. The Morgan fingerprint density at radius 3 is 2.73 bits per heavy atom. The van der Waals surface area contributed by atoms with Gasteiger partial charge in [-0.3, -0.25) is 0 Å². The Balaban J connectivity index is 1.96. The van der Waals surface area contributed by atoms with Crippen molar-refractivity contribution in [3.8, 4) is 0 Å². The zero-order valence-electron chi connectivity index (χ0n) is 9.30. The highest BCUT2D eigenvalue weighted by atomic mass is 79.9. The fourth-order valence-electron chi connectivity index (χ4n) is 1.40. The number of thiophene rings is 1. The van der Waals surface area contributed by atoms with Crippen LogP contribution >= 0.6 is 27.3 Å². The topological polar surface area (TPSA) is 9.23 Å². The van der Waals surface area contributed by atoms with Gasteiger partial charge in [0.15, 0.2) is 0 Å². The quantitative estimate of drug-likeness (QED) is 0.613. The molecule has 0 amide bonds. The highest BCUT2D eigenvalue weighted by molar-refractivity contribution is 9.10. The molecule has 1 aromatic heterocycles. The minimum atomic E-state index is 0.756. The lowest BCUT2D eigenvalue weighted by atomic mass is 10.2. The Hall–Kier alpha value is 0.140. The molecule has 0 aliphatic heterocycles. The zero-order valence-corrected chi connectivity index (χ0v) is 11.7. The van der Waals surface area contributed by atoms with E-state index in [1.807, 2.05) is 0 Å². The van der Waals surface area contributed by atoms with Gasteiger partial charge in [0.25, 0.3) is 0 Å². The number of halogens is 1. The van der Waals surface area contributed by atoms with E-state index in [1.54, 1.807) is 11.3 Å². The fraction of sp³-hybridized carbons (Fsp3) is 0.667. The van der Waals surface area contributed by atoms with Crippen molar-refractivity contribution < 1.29 is 4.74 Å². The highest BCUT2D eigenvalue weighted by Gasteiger charge is 2.00. The molecule has 0 aliphatic rings. The van der Waals surface area contributed by atoms with Gasteiger partial charge in [-0.2, -0.15) is 0 Å². The molecular formula is C12H19BrOS. The summed E-state index contributed by atoms with van der Waals surface area (Å²) < 4.78 is 6.80. The number of unbranched alkanes of at least 4 members (excludes halogenated alkanes) is 4. The van der Waals surface area contributed by atoms with Crippen molar-refractivity contribution in [3.63, 3.8) is 0 Å². The standard InChI is InChI=1S/C12H19BrOS/c1-2-3-4-5-6-8-14-10-12-11(13)7-9-15-12/h7,9H,2-6,8,10H2,1H3. The molecule has 0 saturated heterocycles. The summed E-state index contributed by atoms with van der Waals surface area (Å²) in [6.45, 7) is 3.89. The molecule has 0 radical (unpaired) electrons. The van der Waals surface area contributed by atoms with Gasteiger partial charge in [-0.1, -0.05) is 32.6 Å². The van der Waals surface area contributed by atoms with Crippen LogP contribution in [0.15, 0.2) is 15.9 Å². The Labute approximate surface area is 105 Å². The van der Waals surface area contributed by atoms with Crippen LogP contribution in [0.3, 0.4) is 0 Å². The summed E-state index contributed by atoms with van der Waals surface area (Å²) in [5, 5.41) is 2.09. The van der Waals surface area contributed by atoms with Gasteiger partial charge in [0.2, 0.25) is 0 Å². The van der Waals surface area contributed by atoms with Gasteiger partial charge >= 0.3 is 0 Å². The molecule has 86 valence electrons. The third kappa shape index (κ3) is 5.69. The van der Waals surface area contributed by atoms with E-state index >= 15 is 0 Å². The van der Waals surface area contributed by atoms with Gasteiger partial charge in [-0.15, -0.1) is 11.3 Å². The molecule has 0 saturated carbocycles. The van der Waals surface area contributed by atoms with Crippen LogP contribution in [-0.2, 0) is 11.3 Å². The maximum atomic E-state index is 5.62. The Bertz CT molecular complexity index is 260. The van der Waals surface area contributed by atoms with Crippen molar-refractivity contribution in [1.82, 2.24) is 0 Å². The molecule has 0 atom stereocenters. The summed E-state index contributed by atoms with van der Waals surface area (Å²) in [4.78, 5) is 1.29. The first-order chi connectivity index (χ1) is 7.34. The van der Waals surface area contributed by atoms with Gasteiger partial charge in [0.1, 0.15) is 0 Å². The third-order valence-electron chi connectivity index (χ3n) is 2.32. The summed E-state index contributed by atoms with van der Waals surface area (Å²) in [7, 11) is 0. The predicted molar refractivity (Wildman–Crippen MR) is 70.4 cm³/mol. The summed E-state index contributed by atoms with van der Waals surface area (Å²) in [5.74, 6) is 0. The van der Waals surface area contributed by atoms with Crippen LogP contribution in [0, 0.1) is 0 Å². The van der Waals surface area contributed by atoms with Crippen molar-refractivity contribution >= 4 is 27.3 Å². The predicted octanol–water partition coefficient (Wildman–Crippen LogP) is 5.00. The smallest absolute Gasteiger partial charge is 0.0820 e. The van der Waals surface area contributed by atoms with Crippen molar-refractivity contribution in [2.24, 2.45) is 0 Å². The molecule has 15 heavy (non-hydrogen) atoms. The maximum Gasteiger partial charge on any atom is 0.0820 e. The first kappa shape index (κ1) is 13.2. The van der Waals surface area contributed by atoms with Crippen LogP contribution in [0.5, 0.6) is 0 Å². The lowest BCUT2D eigenvalue weighted by molar-refractivity contribution is 0.118. The number of hydrogen-bond acceptors (Lipinski definition) is 2. The zero-order chi connectivity index (χ0) is 10.9. The molecule has 0 spiro atoms. The fourth-order valence-corrected chi connectivity index (χ4v) is 2.80. The van der Waals surface area contributed by atoms with E-state index < -0.39 is 0 Å². The Kier molecular flexibility index (Phi) is 7.32. The number of ether oxygens (including phenoxy) is 1. The average Bonchev–Trinajstić information content (AvgIpc) is 2.63. The van der Waals surface area contributed by atoms with E-state index in [2.05, 4.69) is 34.3 Å². The monoisotopic (exact) mass is 290 g/mol. The van der Waals surface area contributed by atoms with Crippen molar-refractivity contribution in [2.45, 2.75) is 45.6 Å². The van der Waals surface area contributed by atoms with E-state index in [-0.39, 0.29) is 0 Å². The van der Waals surface area contributed by atoms with Crippen LogP contribution in [0.25, 0.3) is 0 Å². The van der Waals surface area contributed by atoms with Gasteiger partial charge in [0, 0.05) is 16.0 Å². The Morgan fingerprint density at radius 1 is 1.27 bits per heavy atom. The number of hydrogen-bond donors (Lipinski definition) is 0. The highest BCUT2D eigenvalue weighted by Crippen LogP contribution is 2.23. The second-order valence-corrected chi connectivity index (χ2v) is 5.51. The van der Waals surface area contributed by atoms with Gasteiger partial charge < -0.3 is 4.74 Å². The molecular weight excluding hydrogens is 272 g/mol. The summed E-state index contributed by atoms with van der Waals surface area (Å²) in [5.41, 5.74) is 0. The van der Waals surface area contributed by atoms with Crippen LogP contribution in [-0.4, -0.2) is 6.61 Å². The molecule has 3 heteroatoms. The second kappa shape index (κ2) is 8.31. The van der Waals surface area contributed by atoms with E-state index in [1.165, 1.54) is 41.5 Å². The summed E-state index contributed by atoms with van der Waals surface area (Å²) in [6.07, 6.45) is 6.52. The van der Waals surface area contributed by atoms with E-state index in [0.29, 0.717) is 0 Å². The van der Waals surface area contributed by atoms with E-state index in [9.17, 15) is 0 Å². The molecule has 0 aliphatic carbocycles. The van der Waals surface area contributed by atoms with Crippen LogP contribution in [0.1, 0.15) is 43.9 Å². The molecule has 0 fully saturated rings. The van der Waals surface area contributed by atoms with Crippen LogP contribution < -0.4 is 0 Å². The summed E-state index contributed by atoms with van der Waals surface area (Å²) in [6, 6.07) is 2.07. The minimum Gasteiger partial charge on any atom is -0.376 e. The average molecular weight is 291 g/mol. The van der Waals surface area contributed by atoms with Crippen LogP contribution in [0.2, 0.25) is 0 Å². The molecule has 1 heterocycles. The maximum absolute atomic E-state index is 5.62. The van der Waals surface area contributed by atoms with Crippen molar-refractivity contribution in [3.05, 3.63) is 20.8 Å². The third-order valence-corrected chi connectivity index (χ3v) is 4.22. The van der Waals surface area contributed by atoms with Crippen LogP contribution in [0.4, 0.5) is 0 Å². The molecule has 0 bridgehead atoms. The molecule has 0 aromatic carbocycles. The molecule has 1 aromatic rings. The Morgan fingerprint density at radius 2 is 2.07 bits per heavy atom. The van der Waals surface area contributed by atoms with E-state index in [0.717, 1.165) is 13.2 Å². The van der Waals surface area contributed by atoms with E-state index in [4.69, 9.17) is 4.74 Å². The SMILES string of the molecule is CCCCCCCOCc1sccc1Br. The second-order valence-electron chi connectivity index (χ2n) is 3.66. The number of rotatable bonds is 8. The normalized spacial score (nSPS) is 10.8. The van der Waals surface area contributed by atoms with Gasteiger partial charge in [0.05, 0.1) is 6.61 Å². The largest absolute Gasteiger partial charge is 0.376 e. The molecule has 1 nitrogen and oxygen atoms in total. The first-order valence-electron chi connectivity index (χ1n) is 5.64. The van der Waals surface area contributed by atoms with Crippen molar-refractivity contribution in [2.75, 3.05) is 6.61 Å². The first-order valence-corrected chi connectivity index (χ1v) is 7.31. The lowest BCUT2D eigenvalue weighted by Crippen LogP contribution is -1.94. The van der Waals surface area contributed by atoms with Gasteiger partial charge in [-0.25, -0.2) is 0 Å². The molecule has 0 unspecified atom stereocenters. The van der Waals surface area contributed by atoms with Gasteiger partial charge in [-0.05, 0) is 33.8 Å². The molecule has 0 N–H and O–H groups in total. The minimum absolute atomic E-state index is 0.756. The molecule has 1 rings (SSSR count). The van der Waals surface area contributed by atoms with Crippen molar-refractivity contribution in [1.29, 1.82) is 0 Å². The lowest BCUT2D eigenvalue weighted by Gasteiger charge is -2.03.